The minimum absolute atomic E-state index is 0.0771. The number of aromatic nitrogens is 3. The maximum Gasteiger partial charge on any atom is 0.288 e. The van der Waals surface area contributed by atoms with Gasteiger partial charge in [-0.15, -0.1) is 0 Å². The Balaban J connectivity index is 1.60. The van der Waals surface area contributed by atoms with Gasteiger partial charge in [-0.05, 0) is 44.6 Å². The summed E-state index contributed by atoms with van der Waals surface area (Å²) in [7, 11) is 0. The zero-order chi connectivity index (χ0) is 22.5. The fourth-order valence-electron chi connectivity index (χ4n) is 3.85. The van der Waals surface area contributed by atoms with Crippen molar-refractivity contribution in [3.63, 3.8) is 0 Å². The van der Waals surface area contributed by atoms with Crippen LogP contribution in [0.3, 0.4) is 0 Å². The highest BCUT2D eigenvalue weighted by Gasteiger charge is 2.21. The van der Waals surface area contributed by atoms with Crippen LogP contribution in [-0.2, 0) is 0 Å². The van der Waals surface area contributed by atoms with Crippen molar-refractivity contribution in [2.24, 2.45) is 5.10 Å². The molecule has 2 aliphatic heterocycles. The Bertz CT molecular complexity index is 971. The van der Waals surface area contributed by atoms with E-state index in [4.69, 9.17) is 28.2 Å². The highest BCUT2D eigenvalue weighted by atomic mass is 35.5. The molecule has 0 atom stereocenters. The maximum absolute atomic E-state index is 11.1. The minimum atomic E-state index is -0.564. The summed E-state index contributed by atoms with van der Waals surface area (Å²) in [6, 6.07) is 2.68. The van der Waals surface area contributed by atoms with Crippen molar-refractivity contribution in [3.05, 3.63) is 37.9 Å². The van der Waals surface area contributed by atoms with Gasteiger partial charge in [0.05, 0.1) is 16.2 Å². The summed E-state index contributed by atoms with van der Waals surface area (Å²) < 4.78 is 0. The Morgan fingerprint density at radius 2 is 1.50 bits per heavy atom. The first kappa shape index (κ1) is 22.5. The molecular weight excluding hydrogens is 455 g/mol. The van der Waals surface area contributed by atoms with Crippen LogP contribution >= 0.6 is 23.2 Å². The van der Waals surface area contributed by atoms with Crippen LogP contribution in [0.1, 0.15) is 44.1 Å². The topological polar surface area (TPSA) is 113 Å². The van der Waals surface area contributed by atoms with Crippen molar-refractivity contribution in [3.8, 4) is 0 Å². The van der Waals surface area contributed by atoms with Gasteiger partial charge in [0.1, 0.15) is 5.02 Å². The van der Waals surface area contributed by atoms with Crippen LogP contribution < -0.4 is 15.2 Å². The highest BCUT2D eigenvalue weighted by molar-refractivity contribution is 6.40. The van der Waals surface area contributed by atoms with Gasteiger partial charge in [0.25, 0.3) is 5.69 Å². The SMILES string of the molecule is O=[N+]([O-])c1ccc(Cl)c(/C=N\Nc2nc(N3CCCCC3)nc(N3CCCCC3)n2)c1Cl. The first-order chi connectivity index (χ1) is 15.5. The van der Waals surface area contributed by atoms with Crippen molar-refractivity contribution in [2.75, 3.05) is 41.4 Å². The number of benzene rings is 1. The molecule has 0 aliphatic carbocycles. The minimum Gasteiger partial charge on any atom is -0.341 e. The number of halogens is 2. The smallest absolute Gasteiger partial charge is 0.288 e. The Hall–Kier alpha value is -2.72. The van der Waals surface area contributed by atoms with Gasteiger partial charge in [0.15, 0.2) is 0 Å². The Morgan fingerprint density at radius 3 is 2.03 bits per heavy atom. The van der Waals surface area contributed by atoms with Crippen molar-refractivity contribution in [1.82, 2.24) is 15.0 Å². The molecule has 0 amide bonds. The van der Waals surface area contributed by atoms with Crippen LogP contribution in [0.4, 0.5) is 23.5 Å². The van der Waals surface area contributed by atoms with E-state index in [9.17, 15) is 10.1 Å². The monoisotopic (exact) mass is 478 g/mol. The second-order valence-corrected chi connectivity index (χ2v) is 8.56. The van der Waals surface area contributed by atoms with Crippen LogP contribution in [0, 0.1) is 10.1 Å². The number of nitrogens with zero attached hydrogens (tertiary/aromatic N) is 7. The molecule has 10 nitrogen and oxygen atoms in total. The molecule has 1 aromatic heterocycles. The van der Waals surface area contributed by atoms with Crippen LogP contribution in [0.15, 0.2) is 17.2 Å². The molecule has 1 aromatic carbocycles. The van der Waals surface area contributed by atoms with E-state index in [1.807, 2.05) is 0 Å². The predicted molar refractivity (Wildman–Crippen MR) is 126 cm³/mol. The van der Waals surface area contributed by atoms with Crippen molar-refractivity contribution >= 4 is 52.9 Å². The number of nitro groups is 1. The molecule has 3 heterocycles. The fourth-order valence-corrected chi connectivity index (χ4v) is 4.38. The number of rotatable bonds is 6. The quantitative estimate of drug-likeness (QED) is 0.366. The summed E-state index contributed by atoms with van der Waals surface area (Å²) >= 11 is 12.3. The molecule has 12 heteroatoms. The lowest BCUT2D eigenvalue weighted by Gasteiger charge is -2.30. The molecular formula is C20H24Cl2N8O2. The number of nitrogens with one attached hydrogen (secondary N) is 1. The largest absolute Gasteiger partial charge is 0.341 e. The van der Waals surface area contributed by atoms with Crippen LogP contribution in [0.25, 0.3) is 0 Å². The van der Waals surface area contributed by atoms with E-state index in [0.29, 0.717) is 17.8 Å². The van der Waals surface area contributed by atoms with Gasteiger partial charge >= 0.3 is 0 Å². The van der Waals surface area contributed by atoms with Gasteiger partial charge in [-0.25, -0.2) is 5.43 Å². The second-order valence-electron chi connectivity index (χ2n) is 7.78. The predicted octanol–water partition coefficient (Wildman–Crippen LogP) is 4.51. The van der Waals surface area contributed by atoms with E-state index < -0.39 is 4.92 Å². The molecule has 170 valence electrons. The molecule has 2 saturated heterocycles. The van der Waals surface area contributed by atoms with Gasteiger partial charge in [-0.2, -0.15) is 20.1 Å². The van der Waals surface area contributed by atoms with Gasteiger partial charge in [-0.3, -0.25) is 10.1 Å². The molecule has 2 aromatic rings. The number of nitro benzene ring substituents is 1. The molecule has 0 bridgehead atoms. The summed E-state index contributed by atoms with van der Waals surface area (Å²) in [5.41, 5.74) is 2.83. The molecule has 2 aliphatic rings. The van der Waals surface area contributed by atoms with E-state index >= 15 is 0 Å². The third-order valence-electron chi connectivity index (χ3n) is 5.55. The molecule has 0 radical (unpaired) electrons. The van der Waals surface area contributed by atoms with E-state index in [2.05, 4.69) is 30.3 Å². The molecule has 0 unspecified atom stereocenters. The highest BCUT2D eigenvalue weighted by Crippen LogP contribution is 2.32. The lowest BCUT2D eigenvalue weighted by Crippen LogP contribution is -2.34. The summed E-state index contributed by atoms with van der Waals surface area (Å²) in [4.78, 5) is 28.7. The molecule has 2 fully saturated rings. The van der Waals surface area contributed by atoms with Gasteiger partial charge < -0.3 is 9.80 Å². The van der Waals surface area contributed by atoms with Gasteiger partial charge in [0, 0.05) is 37.8 Å². The van der Waals surface area contributed by atoms with Crippen LogP contribution in [0.2, 0.25) is 10.0 Å². The first-order valence-electron chi connectivity index (χ1n) is 10.7. The first-order valence-corrected chi connectivity index (χ1v) is 11.5. The summed E-state index contributed by atoms with van der Waals surface area (Å²) in [5.74, 6) is 1.56. The number of piperidine rings is 2. The third-order valence-corrected chi connectivity index (χ3v) is 6.28. The maximum atomic E-state index is 11.1. The van der Waals surface area contributed by atoms with Crippen LogP contribution in [0.5, 0.6) is 0 Å². The molecule has 0 spiro atoms. The summed E-state index contributed by atoms with van der Waals surface area (Å²) in [5, 5.41) is 15.5. The van der Waals surface area contributed by atoms with E-state index in [-0.39, 0.29) is 21.3 Å². The van der Waals surface area contributed by atoms with Crippen molar-refractivity contribution < 1.29 is 4.92 Å². The fraction of sp³-hybridized carbons (Fsp3) is 0.500. The van der Waals surface area contributed by atoms with Crippen molar-refractivity contribution in [1.29, 1.82) is 0 Å². The van der Waals surface area contributed by atoms with E-state index in [0.717, 1.165) is 51.9 Å². The number of hydrogen-bond acceptors (Lipinski definition) is 9. The average Bonchev–Trinajstić information content (AvgIpc) is 2.82. The van der Waals surface area contributed by atoms with E-state index in [1.165, 1.54) is 31.2 Å². The zero-order valence-electron chi connectivity index (χ0n) is 17.5. The summed E-state index contributed by atoms with van der Waals surface area (Å²) in [6.07, 6.45) is 8.18. The molecule has 32 heavy (non-hydrogen) atoms. The van der Waals surface area contributed by atoms with Gasteiger partial charge in [-0.1, -0.05) is 23.2 Å². The summed E-state index contributed by atoms with van der Waals surface area (Å²) in [6.45, 7) is 3.63. The number of anilines is 3. The molecule has 4 rings (SSSR count). The number of hydrogen-bond donors (Lipinski definition) is 1. The van der Waals surface area contributed by atoms with Crippen molar-refractivity contribution in [2.45, 2.75) is 38.5 Å². The average molecular weight is 479 g/mol. The molecule has 0 saturated carbocycles. The zero-order valence-corrected chi connectivity index (χ0v) is 19.0. The number of hydrazone groups is 1. The normalized spacial score (nSPS) is 17.1. The lowest BCUT2D eigenvalue weighted by atomic mass is 10.1. The Morgan fingerprint density at radius 1 is 0.938 bits per heavy atom. The lowest BCUT2D eigenvalue weighted by molar-refractivity contribution is -0.384. The third kappa shape index (κ3) is 5.18. The Labute approximate surface area is 195 Å². The molecule has 1 N–H and O–H groups in total. The van der Waals surface area contributed by atoms with Gasteiger partial charge in [0.2, 0.25) is 17.8 Å². The second kappa shape index (κ2) is 10.3. The van der Waals surface area contributed by atoms with Crippen LogP contribution in [-0.4, -0.2) is 52.3 Å². The Kier molecular flexibility index (Phi) is 7.21. The van der Waals surface area contributed by atoms with E-state index in [1.54, 1.807) is 0 Å². The standard InChI is InChI=1S/C20H24Cl2N8O2/c21-15-7-8-16(30(31)32)17(22)14(15)13-23-27-18-24-19(28-9-3-1-4-10-28)26-20(25-18)29-11-5-2-6-12-29/h7-8,13H,1-6,9-12H2,(H,24,25,26,27)/b23-13-.